The first-order chi connectivity index (χ1) is 8.45. The molecule has 0 aliphatic heterocycles. The summed E-state index contributed by atoms with van der Waals surface area (Å²) in [5.74, 6) is 0. The number of benzene rings is 2. The molecule has 0 spiro atoms. The first kappa shape index (κ1) is 11.9. The van der Waals surface area contributed by atoms with E-state index >= 15 is 0 Å². The first-order valence-electron chi connectivity index (χ1n) is 6.16. The summed E-state index contributed by atoms with van der Waals surface area (Å²) in [5.41, 5.74) is 2.74. The standard InChI is InChI=1S/C16H18N/c1-3-7-15(8-4-1)11-13-17-14-12-16-9-5-2-6-10-16/h1-10H,11-14H2/q+1. The maximum absolute atomic E-state index is 4.56. The Balaban J connectivity index is 1.61. The smallest absolute Gasteiger partial charge is 0.0622 e. The molecule has 2 radical (unpaired) electrons. The van der Waals surface area contributed by atoms with E-state index in [1.54, 1.807) is 0 Å². The number of hydrogen-bond acceptors (Lipinski definition) is 0. The molecular formula is C16H18N+. The highest BCUT2D eigenvalue weighted by Crippen LogP contribution is 2.00. The fraction of sp³-hybridized carbons (Fsp3) is 0.250. The number of nitrogens with zero attached hydrogens (tertiary/aromatic N) is 1. The summed E-state index contributed by atoms with van der Waals surface area (Å²) < 4.78 is 0. The fourth-order valence-electron chi connectivity index (χ4n) is 1.82. The van der Waals surface area contributed by atoms with Crippen molar-refractivity contribution in [2.45, 2.75) is 12.8 Å². The van der Waals surface area contributed by atoms with Crippen LogP contribution in [0.15, 0.2) is 60.7 Å². The zero-order chi connectivity index (χ0) is 11.8. The molecule has 86 valence electrons. The molecule has 2 rings (SSSR count). The van der Waals surface area contributed by atoms with E-state index in [9.17, 15) is 0 Å². The van der Waals surface area contributed by atoms with E-state index in [-0.39, 0.29) is 0 Å². The molecule has 0 unspecified atom stereocenters. The predicted molar refractivity (Wildman–Crippen MR) is 72.2 cm³/mol. The highest BCUT2D eigenvalue weighted by atomic mass is 14.8. The molecule has 0 bridgehead atoms. The van der Waals surface area contributed by atoms with Gasteiger partial charge in [0.15, 0.2) is 13.1 Å². The van der Waals surface area contributed by atoms with E-state index in [1.807, 2.05) is 0 Å². The minimum atomic E-state index is 0.927. The Bertz CT molecular complexity index is 367. The van der Waals surface area contributed by atoms with Crippen LogP contribution in [0.5, 0.6) is 0 Å². The molecule has 0 heterocycles. The van der Waals surface area contributed by atoms with Gasteiger partial charge in [0.2, 0.25) is 0 Å². The maximum Gasteiger partial charge on any atom is 0.187 e. The van der Waals surface area contributed by atoms with Gasteiger partial charge in [-0.1, -0.05) is 60.7 Å². The molecule has 1 nitrogen and oxygen atoms in total. The van der Waals surface area contributed by atoms with E-state index in [2.05, 4.69) is 66.0 Å². The van der Waals surface area contributed by atoms with Gasteiger partial charge in [0.05, 0.1) is 5.32 Å². The second-order valence-electron chi connectivity index (χ2n) is 4.14. The summed E-state index contributed by atoms with van der Waals surface area (Å²) in [5, 5.41) is 4.56. The molecule has 2 aromatic rings. The van der Waals surface area contributed by atoms with Crippen LogP contribution in [0.3, 0.4) is 0 Å². The van der Waals surface area contributed by atoms with Crippen LogP contribution in [0.2, 0.25) is 0 Å². The van der Waals surface area contributed by atoms with Gasteiger partial charge in [-0.2, -0.15) is 0 Å². The lowest BCUT2D eigenvalue weighted by molar-refractivity contribution is 0.668. The van der Waals surface area contributed by atoms with Crippen molar-refractivity contribution < 1.29 is 0 Å². The van der Waals surface area contributed by atoms with Gasteiger partial charge in [-0.3, -0.25) is 0 Å². The third-order valence-corrected chi connectivity index (χ3v) is 2.80. The van der Waals surface area contributed by atoms with Crippen molar-refractivity contribution in [1.82, 2.24) is 5.32 Å². The molecule has 1 heteroatoms. The zero-order valence-electron chi connectivity index (χ0n) is 10.0. The molecule has 0 saturated carbocycles. The van der Waals surface area contributed by atoms with Crippen molar-refractivity contribution >= 4 is 0 Å². The van der Waals surface area contributed by atoms with Gasteiger partial charge in [-0.15, -0.1) is 0 Å². The molecule has 0 saturated heterocycles. The molecule has 0 aliphatic carbocycles. The van der Waals surface area contributed by atoms with E-state index in [0.717, 1.165) is 25.9 Å². The summed E-state index contributed by atoms with van der Waals surface area (Å²) in [6, 6.07) is 21.1. The highest BCUT2D eigenvalue weighted by Gasteiger charge is 2.04. The van der Waals surface area contributed by atoms with Crippen LogP contribution in [0.1, 0.15) is 11.1 Å². The third kappa shape index (κ3) is 4.41. The summed E-state index contributed by atoms with van der Waals surface area (Å²) in [6.07, 6.45) is 2.10. The molecule has 2 aromatic carbocycles. The Morgan fingerprint density at radius 3 is 1.41 bits per heavy atom. The molecule has 0 aromatic heterocycles. The van der Waals surface area contributed by atoms with Crippen LogP contribution in [-0.4, -0.2) is 13.1 Å². The van der Waals surface area contributed by atoms with Crippen molar-refractivity contribution in [2.24, 2.45) is 0 Å². The minimum Gasteiger partial charge on any atom is -0.0622 e. The Morgan fingerprint density at radius 1 is 0.588 bits per heavy atom. The summed E-state index contributed by atoms with van der Waals surface area (Å²) in [6.45, 7) is 1.85. The summed E-state index contributed by atoms with van der Waals surface area (Å²) in [4.78, 5) is 0. The van der Waals surface area contributed by atoms with Crippen LogP contribution in [0.25, 0.3) is 0 Å². The van der Waals surface area contributed by atoms with Crippen molar-refractivity contribution in [1.29, 1.82) is 0 Å². The van der Waals surface area contributed by atoms with Gasteiger partial charge in [0, 0.05) is 12.8 Å². The molecule has 0 N–H and O–H groups in total. The lowest BCUT2D eigenvalue weighted by Crippen LogP contribution is -2.12. The largest absolute Gasteiger partial charge is 0.187 e. The lowest BCUT2D eigenvalue weighted by atomic mass is 10.1. The monoisotopic (exact) mass is 224 g/mol. The molecule has 17 heavy (non-hydrogen) atoms. The van der Waals surface area contributed by atoms with Gasteiger partial charge in [-0.25, -0.2) is 0 Å². The quantitative estimate of drug-likeness (QED) is 0.669. The minimum absolute atomic E-state index is 0.927. The van der Waals surface area contributed by atoms with Gasteiger partial charge in [0.1, 0.15) is 0 Å². The summed E-state index contributed by atoms with van der Waals surface area (Å²) >= 11 is 0. The van der Waals surface area contributed by atoms with Gasteiger partial charge < -0.3 is 0 Å². The summed E-state index contributed by atoms with van der Waals surface area (Å²) in [7, 11) is 0. The van der Waals surface area contributed by atoms with E-state index < -0.39 is 0 Å². The topological polar surface area (TPSA) is 14.1 Å². The van der Waals surface area contributed by atoms with Crippen LogP contribution < -0.4 is 5.32 Å². The highest BCUT2D eigenvalue weighted by molar-refractivity contribution is 5.15. The van der Waals surface area contributed by atoms with Crippen LogP contribution in [0.4, 0.5) is 0 Å². The Morgan fingerprint density at radius 2 is 1.00 bits per heavy atom. The SMILES string of the molecule is c1ccc(CC[N+]CCc2ccccc2)cc1. The zero-order valence-corrected chi connectivity index (χ0v) is 10.0. The van der Waals surface area contributed by atoms with Crippen LogP contribution in [0, 0.1) is 0 Å². The van der Waals surface area contributed by atoms with Crippen molar-refractivity contribution in [2.75, 3.05) is 13.1 Å². The lowest BCUT2D eigenvalue weighted by Gasteiger charge is -1.95. The Kier molecular flexibility index (Phi) is 4.80. The molecule has 0 amide bonds. The van der Waals surface area contributed by atoms with E-state index in [0.29, 0.717) is 0 Å². The van der Waals surface area contributed by atoms with Gasteiger partial charge in [-0.05, 0) is 11.1 Å². The third-order valence-electron chi connectivity index (χ3n) is 2.80. The molecule has 0 aliphatic rings. The molecule has 0 atom stereocenters. The van der Waals surface area contributed by atoms with Gasteiger partial charge in [0.25, 0.3) is 0 Å². The Hall–Kier alpha value is -1.60. The fourth-order valence-corrected chi connectivity index (χ4v) is 1.82. The number of hydrogen-bond donors (Lipinski definition) is 0. The second-order valence-corrected chi connectivity index (χ2v) is 4.14. The average Bonchev–Trinajstić information content (AvgIpc) is 2.41. The van der Waals surface area contributed by atoms with Crippen molar-refractivity contribution in [3.05, 3.63) is 71.8 Å². The van der Waals surface area contributed by atoms with Crippen molar-refractivity contribution in [3.63, 3.8) is 0 Å². The van der Waals surface area contributed by atoms with E-state index in [1.165, 1.54) is 11.1 Å². The molecule has 0 fully saturated rings. The normalized spacial score (nSPS) is 10.4. The van der Waals surface area contributed by atoms with Gasteiger partial charge >= 0.3 is 0 Å². The van der Waals surface area contributed by atoms with Crippen LogP contribution >= 0.6 is 0 Å². The Labute approximate surface area is 103 Å². The molecular weight excluding hydrogens is 206 g/mol. The van der Waals surface area contributed by atoms with Crippen molar-refractivity contribution in [3.8, 4) is 0 Å². The van der Waals surface area contributed by atoms with E-state index in [4.69, 9.17) is 0 Å². The maximum atomic E-state index is 4.56. The number of rotatable bonds is 6. The first-order valence-corrected chi connectivity index (χ1v) is 6.16. The predicted octanol–water partition coefficient (Wildman–Crippen LogP) is 3.08. The van der Waals surface area contributed by atoms with Crippen LogP contribution in [-0.2, 0) is 12.8 Å². The second kappa shape index (κ2) is 6.87. The average molecular weight is 224 g/mol.